The van der Waals surface area contributed by atoms with Crippen LogP contribution in [0.2, 0.25) is 0 Å². The fraction of sp³-hybridized carbons (Fsp3) is 0.381. The van der Waals surface area contributed by atoms with Gasteiger partial charge in [-0.15, -0.1) is 0 Å². The molecule has 0 spiro atoms. The van der Waals surface area contributed by atoms with Gasteiger partial charge in [0.25, 0.3) is 0 Å². The van der Waals surface area contributed by atoms with Crippen LogP contribution in [0.5, 0.6) is 5.75 Å². The number of rotatable bonds is 11. The third-order valence-electron chi connectivity index (χ3n) is 4.49. The Morgan fingerprint density at radius 2 is 1.69 bits per heavy atom. The number of carbonyl (C=O) groups is 1. The maximum atomic E-state index is 12.2. The van der Waals surface area contributed by atoms with Crippen molar-refractivity contribution in [2.45, 2.75) is 12.8 Å². The molecule has 0 heterocycles. The van der Waals surface area contributed by atoms with Gasteiger partial charge in [0.15, 0.2) is 0 Å². The van der Waals surface area contributed by atoms with E-state index in [9.17, 15) is 13.2 Å². The predicted octanol–water partition coefficient (Wildman–Crippen LogP) is 2.49. The number of hydrogen-bond acceptors (Lipinski definition) is 5. The molecule has 8 heteroatoms. The molecule has 0 aromatic heterocycles. The second-order valence-electron chi connectivity index (χ2n) is 6.72. The van der Waals surface area contributed by atoms with Crippen LogP contribution in [0.15, 0.2) is 54.6 Å². The summed E-state index contributed by atoms with van der Waals surface area (Å²) in [4.78, 5) is 14.2. The number of anilines is 2. The normalized spacial score (nSPS) is 11.0. The zero-order valence-electron chi connectivity index (χ0n) is 17.2. The summed E-state index contributed by atoms with van der Waals surface area (Å²) in [5.41, 5.74) is 1.56. The molecule has 0 radical (unpaired) electrons. The van der Waals surface area contributed by atoms with Crippen LogP contribution in [-0.2, 0) is 14.8 Å². The lowest BCUT2D eigenvalue weighted by Gasteiger charge is -2.24. The Morgan fingerprint density at radius 3 is 2.34 bits per heavy atom. The summed E-state index contributed by atoms with van der Waals surface area (Å²) in [7, 11) is -0.0222. The van der Waals surface area contributed by atoms with Crippen LogP contribution < -0.4 is 19.3 Å². The Hall–Kier alpha value is -2.74. The highest BCUT2D eigenvalue weighted by molar-refractivity contribution is 7.92. The standard InChI is InChI=1S/C21H29N3O4S/c1-23(18-10-5-4-6-11-18)17-15-22-21(25)14-9-16-24(29(3,26)27)19-12-7-8-13-20(19)28-2/h4-8,10-13H,9,14-17H2,1-3H3,(H,22,25). The van der Waals surface area contributed by atoms with Gasteiger partial charge < -0.3 is 15.0 Å². The molecule has 0 atom stereocenters. The first-order valence-electron chi connectivity index (χ1n) is 9.46. The van der Waals surface area contributed by atoms with E-state index in [1.807, 2.05) is 37.4 Å². The van der Waals surface area contributed by atoms with Crippen molar-refractivity contribution in [1.82, 2.24) is 5.32 Å². The van der Waals surface area contributed by atoms with E-state index in [0.717, 1.165) is 11.9 Å². The molecule has 0 aliphatic rings. The van der Waals surface area contributed by atoms with E-state index in [0.29, 0.717) is 30.9 Å². The summed E-state index contributed by atoms with van der Waals surface area (Å²) in [5.74, 6) is 0.381. The predicted molar refractivity (Wildman–Crippen MR) is 117 cm³/mol. The summed E-state index contributed by atoms with van der Waals surface area (Å²) in [6, 6.07) is 16.9. The van der Waals surface area contributed by atoms with Crippen LogP contribution in [0.25, 0.3) is 0 Å². The maximum absolute atomic E-state index is 12.2. The van der Waals surface area contributed by atoms with Crippen LogP contribution in [0.3, 0.4) is 0 Å². The van der Waals surface area contributed by atoms with Crippen molar-refractivity contribution in [2.75, 3.05) is 49.3 Å². The van der Waals surface area contributed by atoms with Crippen molar-refractivity contribution in [2.24, 2.45) is 0 Å². The molecule has 0 aliphatic carbocycles. The first-order valence-corrected chi connectivity index (χ1v) is 11.3. The van der Waals surface area contributed by atoms with Crippen molar-refractivity contribution in [3.05, 3.63) is 54.6 Å². The first kappa shape index (κ1) is 22.5. The lowest BCUT2D eigenvalue weighted by molar-refractivity contribution is -0.121. The quantitative estimate of drug-likeness (QED) is 0.605. The number of ether oxygens (including phenoxy) is 1. The van der Waals surface area contributed by atoms with Crippen LogP contribution in [0.4, 0.5) is 11.4 Å². The van der Waals surface area contributed by atoms with Gasteiger partial charge in [0, 0.05) is 38.8 Å². The monoisotopic (exact) mass is 419 g/mol. The largest absolute Gasteiger partial charge is 0.495 e. The van der Waals surface area contributed by atoms with Gasteiger partial charge >= 0.3 is 0 Å². The van der Waals surface area contributed by atoms with Crippen molar-refractivity contribution in [3.8, 4) is 5.75 Å². The molecule has 0 unspecified atom stereocenters. The Kier molecular flexibility index (Phi) is 8.33. The smallest absolute Gasteiger partial charge is 0.232 e. The summed E-state index contributed by atoms with van der Waals surface area (Å²) in [5, 5.41) is 2.88. The Labute approximate surface area is 173 Å². The number of amides is 1. The number of likely N-dealkylation sites (N-methyl/N-ethyl adjacent to an activating group) is 1. The van der Waals surface area contributed by atoms with Crippen molar-refractivity contribution in [1.29, 1.82) is 0 Å². The molecule has 0 fully saturated rings. The highest BCUT2D eigenvalue weighted by atomic mass is 32.2. The Balaban J connectivity index is 1.82. The van der Waals surface area contributed by atoms with Crippen molar-refractivity contribution < 1.29 is 17.9 Å². The molecule has 7 nitrogen and oxygen atoms in total. The van der Waals surface area contributed by atoms with E-state index >= 15 is 0 Å². The van der Waals surface area contributed by atoms with Gasteiger partial charge in [-0.3, -0.25) is 9.10 Å². The Bertz CT molecular complexity index is 888. The van der Waals surface area contributed by atoms with Gasteiger partial charge in [-0.1, -0.05) is 30.3 Å². The van der Waals surface area contributed by atoms with Crippen molar-refractivity contribution in [3.63, 3.8) is 0 Å². The second-order valence-corrected chi connectivity index (χ2v) is 8.62. The highest BCUT2D eigenvalue weighted by Gasteiger charge is 2.20. The topological polar surface area (TPSA) is 79.0 Å². The zero-order chi connectivity index (χ0) is 21.3. The number of hydrogen-bond donors (Lipinski definition) is 1. The van der Waals surface area contributed by atoms with Crippen LogP contribution >= 0.6 is 0 Å². The number of nitrogens with zero attached hydrogens (tertiary/aromatic N) is 2. The molecular weight excluding hydrogens is 390 g/mol. The Morgan fingerprint density at radius 1 is 1.03 bits per heavy atom. The minimum absolute atomic E-state index is 0.0973. The zero-order valence-corrected chi connectivity index (χ0v) is 18.0. The molecule has 2 rings (SSSR count). The molecule has 0 saturated heterocycles. The summed E-state index contributed by atoms with van der Waals surface area (Å²) in [6.07, 6.45) is 1.81. The molecule has 1 amide bonds. The number of carbonyl (C=O) groups excluding carboxylic acids is 1. The van der Waals surface area contributed by atoms with E-state index in [2.05, 4.69) is 10.2 Å². The molecule has 2 aromatic carbocycles. The minimum Gasteiger partial charge on any atom is -0.495 e. The lowest BCUT2D eigenvalue weighted by Crippen LogP contribution is -2.34. The highest BCUT2D eigenvalue weighted by Crippen LogP contribution is 2.29. The average molecular weight is 420 g/mol. The maximum Gasteiger partial charge on any atom is 0.232 e. The van der Waals surface area contributed by atoms with Crippen LogP contribution in [0, 0.1) is 0 Å². The van der Waals surface area contributed by atoms with Crippen molar-refractivity contribution >= 4 is 27.3 Å². The number of methoxy groups -OCH3 is 1. The van der Waals surface area contributed by atoms with Gasteiger partial charge in [-0.2, -0.15) is 0 Å². The van der Waals surface area contributed by atoms with Gasteiger partial charge in [0.1, 0.15) is 5.75 Å². The van der Waals surface area contributed by atoms with Crippen LogP contribution in [0.1, 0.15) is 12.8 Å². The van der Waals surface area contributed by atoms with E-state index in [-0.39, 0.29) is 18.9 Å². The van der Waals surface area contributed by atoms with Gasteiger partial charge in [-0.25, -0.2) is 8.42 Å². The van der Waals surface area contributed by atoms with E-state index < -0.39 is 10.0 Å². The third kappa shape index (κ3) is 6.98. The molecule has 0 aliphatic heterocycles. The second kappa shape index (κ2) is 10.7. The molecular formula is C21H29N3O4S. The lowest BCUT2D eigenvalue weighted by atomic mass is 10.2. The molecule has 2 aromatic rings. The van der Waals surface area contributed by atoms with Gasteiger partial charge in [0.2, 0.25) is 15.9 Å². The van der Waals surface area contributed by atoms with E-state index in [1.165, 1.54) is 11.4 Å². The fourth-order valence-corrected chi connectivity index (χ4v) is 3.92. The van der Waals surface area contributed by atoms with Gasteiger partial charge in [0.05, 0.1) is 19.1 Å². The minimum atomic E-state index is -3.49. The fourth-order valence-electron chi connectivity index (χ4n) is 2.95. The molecule has 29 heavy (non-hydrogen) atoms. The number of sulfonamides is 1. The van der Waals surface area contributed by atoms with E-state index in [4.69, 9.17) is 4.74 Å². The number of para-hydroxylation sites is 3. The summed E-state index contributed by atoms with van der Waals surface area (Å²) < 4.78 is 31.0. The SMILES string of the molecule is COc1ccccc1N(CCCC(=O)NCCN(C)c1ccccc1)S(C)(=O)=O. The third-order valence-corrected chi connectivity index (χ3v) is 5.67. The number of nitrogens with one attached hydrogen (secondary N) is 1. The average Bonchev–Trinajstić information content (AvgIpc) is 2.71. The summed E-state index contributed by atoms with van der Waals surface area (Å²) in [6.45, 7) is 1.41. The first-order chi connectivity index (χ1) is 13.8. The molecule has 158 valence electrons. The van der Waals surface area contributed by atoms with Gasteiger partial charge in [-0.05, 0) is 30.7 Å². The van der Waals surface area contributed by atoms with E-state index in [1.54, 1.807) is 24.3 Å². The number of benzene rings is 2. The van der Waals surface area contributed by atoms with Crippen LogP contribution in [-0.4, -0.2) is 54.4 Å². The summed E-state index contributed by atoms with van der Waals surface area (Å²) >= 11 is 0. The molecule has 1 N–H and O–H groups in total. The molecule has 0 bridgehead atoms. The molecule has 0 saturated carbocycles.